The van der Waals surface area contributed by atoms with Gasteiger partial charge in [-0.1, -0.05) is 30.3 Å². The maximum Gasteiger partial charge on any atom is 0.337 e. The second-order valence-corrected chi connectivity index (χ2v) is 5.33. The van der Waals surface area contributed by atoms with Gasteiger partial charge in [0.2, 0.25) is 0 Å². The molecule has 0 saturated carbocycles. The van der Waals surface area contributed by atoms with Crippen LogP contribution in [0.1, 0.15) is 16.1 Å². The first kappa shape index (κ1) is 13.7. The van der Waals surface area contributed by atoms with Crippen molar-refractivity contribution in [1.82, 2.24) is 4.57 Å². The minimum Gasteiger partial charge on any atom is -0.478 e. The number of rotatable bonds is 5. The SMILES string of the molecule is CSCCn1c(-c2ccccc2)cc(C(=O)O)c1C. The van der Waals surface area contributed by atoms with Crippen LogP contribution >= 0.6 is 11.8 Å². The first-order valence-electron chi connectivity index (χ1n) is 6.13. The summed E-state index contributed by atoms with van der Waals surface area (Å²) in [4.78, 5) is 11.3. The maximum absolute atomic E-state index is 11.3. The Hall–Kier alpha value is -1.68. The standard InChI is InChI=1S/C15H17NO2S/c1-11-13(15(17)18)10-14(16(11)8-9-19-2)12-6-4-3-5-7-12/h3-7,10H,8-9H2,1-2H3,(H,17,18). The molecule has 0 amide bonds. The zero-order valence-electron chi connectivity index (χ0n) is 11.1. The van der Waals surface area contributed by atoms with Crippen LogP contribution in [0.5, 0.6) is 0 Å². The van der Waals surface area contributed by atoms with Gasteiger partial charge in [0.05, 0.1) is 5.56 Å². The molecule has 0 spiro atoms. The highest BCUT2D eigenvalue weighted by Crippen LogP contribution is 2.26. The predicted octanol–water partition coefficient (Wildman–Crippen LogP) is 3.52. The lowest BCUT2D eigenvalue weighted by atomic mass is 10.1. The molecule has 0 saturated heterocycles. The van der Waals surface area contributed by atoms with E-state index in [1.807, 2.05) is 37.3 Å². The largest absolute Gasteiger partial charge is 0.478 e. The molecule has 2 aromatic rings. The van der Waals surface area contributed by atoms with E-state index in [9.17, 15) is 9.90 Å². The molecular formula is C15H17NO2S. The highest BCUT2D eigenvalue weighted by molar-refractivity contribution is 7.98. The van der Waals surface area contributed by atoms with Crippen LogP contribution in [0, 0.1) is 6.92 Å². The number of aromatic carboxylic acids is 1. The van der Waals surface area contributed by atoms with Gasteiger partial charge in [0.1, 0.15) is 0 Å². The molecule has 1 aromatic carbocycles. The van der Waals surface area contributed by atoms with Crippen molar-refractivity contribution >= 4 is 17.7 Å². The van der Waals surface area contributed by atoms with E-state index in [1.165, 1.54) is 0 Å². The van der Waals surface area contributed by atoms with Gasteiger partial charge in [-0.05, 0) is 24.8 Å². The second kappa shape index (κ2) is 5.97. The summed E-state index contributed by atoms with van der Waals surface area (Å²) in [6.45, 7) is 2.70. The Morgan fingerprint density at radius 3 is 2.58 bits per heavy atom. The number of carboxylic acid groups (broad SMARTS) is 1. The maximum atomic E-state index is 11.3. The third kappa shape index (κ3) is 2.84. The summed E-state index contributed by atoms with van der Waals surface area (Å²) >= 11 is 1.76. The molecule has 0 unspecified atom stereocenters. The highest BCUT2D eigenvalue weighted by atomic mass is 32.2. The smallest absolute Gasteiger partial charge is 0.337 e. The average Bonchev–Trinajstić information content (AvgIpc) is 2.75. The van der Waals surface area contributed by atoms with Crippen LogP contribution in [0.25, 0.3) is 11.3 Å². The fourth-order valence-electron chi connectivity index (χ4n) is 2.18. The molecule has 0 radical (unpaired) electrons. The molecular weight excluding hydrogens is 258 g/mol. The van der Waals surface area contributed by atoms with Crippen LogP contribution in [0.4, 0.5) is 0 Å². The van der Waals surface area contributed by atoms with E-state index in [2.05, 4.69) is 10.8 Å². The van der Waals surface area contributed by atoms with E-state index < -0.39 is 5.97 Å². The van der Waals surface area contributed by atoms with Crippen LogP contribution in [-0.2, 0) is 6.54 Å². The van der Waals surface area contributed by atoms with Crippen LogP contribution in [0.15, 0.2) is 36.4 Å². The molecule has 19 heavy (non-hydrogen) atoms. The first-order chi connectivity index (χ1) is 9.15. The summed E-state index contributed by atoms with van der Waals surface area (Å²) < 4.78 is 2.09. The van der Waals surface area contributed by atoms with E-state index in [0.29, 0.717) is 5.56 Å². The van der Waals surface area contributed by atoms with E-state index in [-0.39, 0.29) is 0 Å². The van der Waals surface area contributed by atoms with Gasteiger partial charge in [-0.25, -0.2) is 4.79 Å². The normalized spacial score (nSPS) is 10.6. The molecule has 0 aliphatic carbocycles. The lowest BCUT2D eigenvalue weighted by Gasteiger charge is -2.11. The van der Waals surface area contributed by atoms with Crippen molar-refractivity contribution in [1.29, 1.82) is 0 Å². The summed E-state index contributed by atoms with van der Waals surface area (Å²) in [6.07, 6.45) is 2.05. The third-order valence-corrected chi connectivity index (χ3v) is 3.78. The number of thioether (sulfide) groups is 1. The Bertz CT molecular complexity index is 575. The fourth-order valence-corrected chi connectivity index (χ4v) is 2.55. The topological polar surface area (TPSA) is 42.2 Å². The van der Waals surface area contributed by atoms with Crippen molar-refractivity contribution in [2.75, 3.05) is 12.0 Å². The van der Waals surface area contributed by atoms with Gasteiger partial charge in [-0.15, -0.1) is 0 Å². The van der Waals surface area contributed by atoms with Gasteiger partial charge in [-0.2, -0.15) is 11.8 Å². The lowest BCUT2D eigenvalue weighted by Crippen LogP contribution is -2.06. The molecule has 0 bridgehead atoms. The number of carboxylic acids is 1. The van der Waals surface area contributed by atoms with Crippen LogP contribution in [0.3, 0.4) is 0 Å². The molecule has 2 rings (SSSR count). The second-order valence-electron chi connectivity index (χ2n) is 4.34. The first-order valence-corrected chi connectivity index (χ1v) is 7.52. The van der Waals surface area contributed by atoms with Crippen molar-refractivity contribution in [3.63, 3.8) is 0 Å². The molecule has 4 heteroatoms. The van der Waals surface area contributed by atoms with Crippen molar-refractivity contribution in [2.45, 2.75) is 13.5 Å². The summed E-state index contributed by atoms with van der Waals surface area (Å²) in [5.74, 6) is 0.103. The Kier molecular flexibility index (Phi) is 4.32. The summed E-state index contributed by atoms with van der Waals surface area (Å²) in [6, 6.07) is 11.7. The molecule has 0 aliphatic rings. The minimum absolute atomic E-state index is 0.389. The summed E-state index contributed by atoms with van der Waals surface area (Å²) in [5.41, 5.74) is 3.24. The Balaban J connectivity index is 2.52. The number of aromatic nitrogens is 1. The zero-order valence-corrected chi connectivity index (χ0v) is 11.9. The lowest BCUT2D eigenvalue weighted by molar-refractivity contribution is 0.0696. The van der Waals surface area contributed by atoms with Gasteiger partial charge in [-0.3, -0.25) is 0 Å². The van der Waals surface area contributed by atoms with Crippen molar-refractivity contribution < 1.29 is 9.90 Å². The van der Waals surface area contributed by atoms with Crippen molar-refractivity contribution in [2.24, 2.45) is 0 Å². The number of hydrogen-bond donors (Lipinski definition) is 1. The summed E-state index contributed by atoms with van der Waals surface area (Å²) in [5, 5.41) is 9.26. The number of nitrogens with zero attached hydrogens (tertiary/aromatic N) is 1. The van der Waals surface area contributed by atoms with Crippen LogP contribution in [-0.4, -0.2) is 27.7 Å². The minimum atomic E-state index is -0.863. The van der Waals surface area contributed by atoms with Gasteiger partial charge in [0, 0.05) is 23.7 Å². The predicted molar refractivity (Wildman–Crippen MR) is 79.9 cm³/mol. The van der Waals surface area contributed by atoms with E-state index >= 15 is 0 Å². The molecule has 0 fully saturated rings. The van der Waals surface area contributed by atoms with E-state index in [1.54, 1.807) is 17.8 Å². The highest BCUT2D eigenvalue weighted by Gasteiger charge is 2.17. The number of hydrogen-bond acceptors (Lipinski definition) is 2. The monoisotopic (exact) mass is 275 g/mol. The van der Waals surface area contributed by atoms with Gasteiger partial charge < -0.3 is 9.67 Å². The van der Waals surface area contributed by atoms with Crippen molar-refractivity contribution in [3.8, 4) is 11.3 Å². The molecule has 0 aliphatic heterocycles. The van der Waals surface area contributed by atoms with Gasteiger partial charge in [0.25, 0.3) is 0 Å². The van der Waals surface area contributed by atoms with E-state index in [4.69, 9.17) is 0 Å². The molecule has 100 valence electrons. The molecule has 0 atom stereocenters. The fraction of sp³-hybridized carbons (Fsp3) is 0.267. The van der Waals surface area contributed by atoms with Gasteiger partial charge >= 0.3 is 5.97 Å². The Morgan fingerprint density at radius 2 is 2.00 bits per heavy atom. The van der Waals surface area contributed by atoms with Crippen LogP contribution < -0.4 is 0 Å². The quantitative estimate of drug-likeness (QED) is 0.907. The third-order valence-electron chi connectivity index (χ3n) is 3.19. The zero-order chi connectivity index (χ0) is 13.8. The number of benzene rings is 1. The van der Waals surface area contributed by atoms with E-state index in [0.717, 1.165) is 29.2 Å². The number of carbonyl (C=O) groups is 1. The molecule has 1 N–H and O–H groups in total. The Labute approximate surface area is 117 Å². The molecule has 1 aromatic heterocycles. The molecule has 3 nitrogen and oxygen atoms in total. The summed E-state index contributed by atoms with van der Waals surface area (Å²) in [7, 11) is 0. The van der Waals surface area contributed by atoms with Gasteiger partial charge in [0.15, 0.2) is 0 Å². The van der Waals surface area contributed by atoms with Crippen molar-refractivity contribution in [3.05, 3.63) is 47.7 Å². The average molecular weight is 275 g/mol. The molecule has 1 heterocycles. The van der Waals surface area contributed by atoms with Crippen LogP contribution in [0.2, 0.25) is 0 Å². The Morgan fingerprint density at radius 1 is 1.32 bits per heavy atom.